The number of carbonyl (C=O) groups excluding carboxylic acids is 2. The Morgan fingerprint density at radius 1 is 0.809 bits per heavy atom. The van der Waals surface area contributed by atoms with Crippen molar-refractivity contribution in [3.8, 4) is 11.5 Å². The number of hydrogen-bond acceptors (Lipinski definition) is 6. The summed E-state index contributed by atoms with van der Waals surface area (Å²) >= 11 is 0. The Kier molecular flexibility index (Phi) is 7.89. The molecule has 0 unspecified atom stereocenters. The van der Waals surface area contributed by atoms with Crippen LogP contribution in [0.5, 0.6) is 11.5 Å². The first-order valence-electron chi connectivity index (χ1n) is 15.5. The number of para-hydroxylation sites is 1. The quantitative estimate of drug-likeness (QED) is 0.196. The molecule has 0 bridgehead atoms. The number of nitro groups is 1. The molecule has 3 aromatic rings. The number of halogens is 3. The number of allylic oxidation sites excluding steroid dienone is 4. The van der Waals surface area contributed by atoms with Crippen LogP contribution in [0.25, 0.3) is 0 Å². The molecule has 3 aliphatic rings. The summed E-state index contributed by atoms with van der Waals surface area (Å²) in [6.07, 6.45) is -3.11. The Morgan fingerprint density at radius 2 is 1.36 bits per heavy atom. The summed E-state index contributed by atoms with van der Waals surface area (Å²) in [6, 6.07) is 18.6. The van der Waals surface area contributed by atoms with Crippen LogP contribution >= 0.6 is 0 Å². The predicted molar refractivity (Wildman–Crippen MR) is 169 cm³/mol. The number of hydrogen-bond donors (Lipinski definition) is 0. The van der Waals surface area contributed by atoms with Crippen LogP contribution in [0.3, 0.4) is 0 Å². The van der Waals surface area contributed by atoms with E-state index in [0.717, 1.165) is 29.1 Å². The lowest BCUT2D eigenvalue weighted by molar-refractivity contribution is -0.385. The fraction of sp³-hybridized carbons (Fsp3) is 0.351. The maximum Gasteiger partial charge on any atom is 0.416 e. The summed E-state index contributed by atoms with van der Waals surface area (Å²) in [5.74, 6) is -1.28. The Morgan fingerprint density at radius 3 is 1.91 bits per heavy atom. The second kappa shape index (κ2) is 11.5. The first-order valence-corrected chi connectivity index (χ1v) is 15.5. The van der Waals surface area contributed by atoms with E-state index in [1.54, 1.807) is 24.3 Å². The number of benzene rings is 3. The van der Waals surface area contributed by atoms with Crippen molar-refractivity contribution in [2.24, 2.45) is 10.8 Å². The van der Waals surface area contributed by atoms with Gasteiger partial charge in [-0.05, 0) is 47.4 Å². The molecule has 244 valence electrons. The van der Waals surface area contributed by atoms with Crippen molar-refractivity contribution < 1.29 is 32.4 Å². The molecule has 6 rings (SSSR count). The fourth-order valence-corrected chi connectivity index (χ4v) is 7.17. The minimum absolute atomic E-state index is 0.0983. The molecule has 1 heterocycles. The van der Waals surface area contributed by atoms with Crippen LogP contribution in [-0.2, 0) is 22.3 Å². The third-order valence-electron chi connectivity index (χ3n) is 9.14. The van der Waals surface area contributed by atoms with Crippen molar-refractivity contribution in [1.82, 2.24) is 4.90 Å². The molecule has 0 saturated carbocycles. The SMILES string of the molecule is CC1(C)CC(=O)C2=C(C1)N(Cc1ccccc1)C1=C(C(=O)CC(C)(C)C1)C2c1ccccc1Oc1ccc(C(F)(F)F)cc1[N+](=O)[O-]. The Hall–Kier alpha value is -4.73. The van der Waals surface area contributed by atoms with Crippen molar-refractivity contribution in [3.63, 3.8) is 0 Å². The maximum atomic E-state index is 14.2. The summed E-state index contributed by atoms with van der Waals surface area (Å²) in [6.45, 7) is 8.65. The number of ether oxygens (including phenoxy) is 1. The van der Waals surface area contributed by atoms with E-state index in [2.05, 4.69) is 4.90 Å². The molecule has 0 N–H and O–H groups in total. The van der Waals surface area contributed by atoms with Gasteiger partial charge >= 0.3 is 11.9 Å². The summed E-state index contributed by atoms with van der Waals surface area (Å²) in [4.78, 5) is 41.6. The van der Waals surface area contributed by atoms with Gasteiger partial charge in [0.1, 0.15) is 5.75 Å². The number of alkyl halides is 3. The molecule has 10 heteroatoms. The molecule has 0 aromatic heterocycles. The number of nitro benzene ring substituents is 1. The minimum Gasteiger partial charge on any atom is -0.450 e. The summed E-state index contributed by atoms with van der Waals surface area (Å²) in [5, 5.41) is 11.9. The maximum absolute atomic E-state index is 14.2. The molecular formula is C37H35F3N2O5. The van der Waals surface area contributed by atoms with Gasteiger partial charge in [0, 0.05) is 59.5 Å². The van der Waals surface area contributed by atoms with Gasteiger partial charge in [-0.25, -0.2) is 0 Å². The van der Waals surface area contributed by atoms with E-state index in [-0.39, 0.29) is 46.7 Å². The zero-order chi connectivity index (χ0) is 33.9. The van der Waals surface area contributed by atoms with Crippen LogP contribution in [0.15, 0.2) is 95.3 Å². The number of nitrogens with zero attached hydrogens (tertiary/aromatic N) is 2. The van der Waals surface area contributed by atoms with E-state index in [4.69, 9.17) is 4.74 Å². The fourth-order valence-electron chi connectivity index (χ4n) is 7.17. The molecule has 0 fully saturated rings. The molecule has 1 aliphatic heterocycles. The van der Waals surface area contributed by atoms with Crippen molar-refractivity contribution in [1.29, 1.82) is 0 Å². The molecule has 0 radical (unpaired) electrons. The second-order valence-electron chi connectivity index (χ2n) is 14.2. The van der Waals surface area contributed by atoms with Crippen molar-refractivity contribution in [3.05, 3.63) is 122 Å². The molecule has 47 heavy (non-hydrogen) atoms. The highest BCUT2D eigenvalue weighted by Gasteiger charge is 2.49. The standard InChI is InChI=1S/C37H35F3N2O5/c1-35(2)17-26-33(28(43)19-35)32(34-27(18-36(3,4)20-29(34)44)41(26)21-22-10-6-5-7-11-22)24-12-8-9-13-30(24)47-31-15-14-23(37(38,39)40)16-25(31)42(45)46/h5-16,32H,17-21H2,1-4H3. The van der Waals surface area contributed by atoms with E-state index < -0.39 is 28.3 Å². The molecule has 7 nitrogen and oxygen atoms in total. The average Bonchev–Trinajstić information content (AvgIpc) is 2.97. The van der Waals surface area contributed by atoms with E-state index in [1.807, 2.05) is 58.0 Å². The highest BCUT2D eigenvalue weighted by Crippen LogP contribution is 2.56. The molecule has 0 amide bonds. The van der Waals surface area contributed by atoms with Gasteiger partial charge in [0.15, 0.2) is 11.6 Å². The molecule has 2 aliphatic carbocycles. The molecule has 0 atom stereocenters. The lowest BCUT2D eigenvalue weighted by atomic mass is 9.63. The average molecular weight is 645 g/mol. The van der Waals surface area contributed by atoms with Crippen molar-refractivity contribution >= 4 is 17.3 Å². The summed E-state index contributed by atoms with van der Waals surface area (Å²) in [5.41, 5.74) is 1.40. The zero-order valence-corrected chi connectivity index (χ0v) is 26.6. The molecule has 0 saturated heterocycles. The van der Waals surface area contributed by atoms with Crippen LogP contribution in [-0.4, -0.2) is 21.4 Å². The lowest BCUT2D eigenvalue weighted by Crippen LogP contribution is -2.44. The number of rotatable bonds is 6. The van der Waals surface area contributed by atoms with E-state index in [9.17, 15) is 32.9 Å². The van der Waals surface area contributed by atoms with Crippen molar-refractivity contribution in [2.45, 2.75) is 72.0 Å². The second-order valence-corrected chi connectivity index (χ2v) is 14.2. The van der Waals surface area contributed by atoms with Gasteiger partial charge < -0.3 is 9.64 Å². The Bertz CT molecular complexity index is 1800. The summed E-state index contributed by atoms with van der Waals surface area (Å²) in [7, 11) is 0. The Labute approximate surface area is 270 Å². The van der Waals surface area contributed by atoms with Crippen LogP contribution < -0.4 is 4.74 Å². The third-order valence-corrected chi connectivity index (χ3v) is 9.14. The highest BCUT2D eigenvalue weighted by molar-refractivity contribution is 6.07. The molecular weight excluding hydrogens is 609 g/mol. The van der Waals surface area contributed by atoms with Gasteiger partial charge in [-0.15, -0.1) is 0 Å². The van der Waals surface area contributed by atoms with Gasteiger partial charge in [0.2, 0.25) is 5.75 Å². The first kappa shape index (κ1) is 32.2. The normalized spacial score (nSPS) is 19.4. The van der Waals surface area contributed by atoms with Crippen LogP contribution in [0, 0.1) is 20.9 Å². The number of Topliss-reactive ketones (excluding diaryl/α,β-unsaturated/α-hetero) is 2. The lowest BCUT2D eigenvalue weighted by Gasteiger charge is -2.49. The first-order chi connectivity index (χ1) is 22.0. The monoisotopic (exact) mass is 644 g/mol. The van der Waals surface area contributed by atoms with Crippen molar-refractivity contribution in [2.75, 3.05) is 0 Å². The van der Waals surface area contributed by atoms with Gasteiger partial charge in [-0.2, -0.15) is 13.2 Å². The van der Waals surface area contributed by atoms with E-state index in [1.165, 1.54) is 0 Å². The predicted octanol–water partition coefficient (Wildman–Crippen LogP) is 9.29. The molecule has 3 aromatic carbocycles. The smallest absolute Gasteiger partial charge is 0.416 e. The number of ketones is 2. The van der Waals surface area contributed by atoms with Gasteiger partial charge in [0.25, 0.3) is 0 Å². The van der Waals surface area contributed by atoms with Gasteiger partial charge in [-0.1, -0.05) is 76.2 Å². The topological polar surface area (TPSA) is 89.8 Å². The largest absolute Gasteiger partial charge is 0.450 e. The highest BCUT2D eigenvalue weighted by atomic mass is 19.4. The minimum atomic E-state index is -4.79. The third kappa shape index (κ3) is 6.21. The van der Waals surface area contributed by atoms with Crippen LogP contribution in [0.4, 0.5) is 18.9 Å². The Balaban J connectivity index is 1.56. The number of carbonyl (C=O) groups is 2. The van der Waals surface area contributed by atoms with Crippen LogP contribution in [0.2, 0.25) is 0 Å². The van der Waals surface area contributed by atoms with E-state index >= 15 is 0 Å². The van der Waals surface area contributed by atoms with Gasteiger partial charge in [-0.3, -0.25) is 19.7 Å². The van der Waals surface area contributed by atoms with E-state index in [0.29, 0.717) is 42.2 Å². The molecule has 0 spiro atoms. The van der Waals surface area contributed by atoms with Crippen LogP contribution in [0.1, 0.15) is 76.0 Å². The van der Waals surface area contributed by atoms with Gasteiger partial charge in [0.05, 0.1) is 10.5 Å². The zero-order valence-electron chi connectivity index (χ0n) is 26.6. The summed E-state index contributed by atoms with van der Waals surface area (Å²) < 4.78 is 46.3.